The molecule has 0 radical (unpaired) electrons. The number of aromatic nitrogens is 1. The number of hydrogen-bond donors (Lipinski definition) is 2. The zero-order valence-corrected chi connectivity index (χ0v) is 10.7. The molecule has 0 unspecified atom stereocenters. The molecule has 0 saturated heterocycles. The Morgan fingerprint density at radius 2 is 2.26 bits per heavy atom. The molecule has 0 atom stereocenters. The van der Waals surface area contributed by atoms with Gasteiger partial charge in [0.15, 0.2) is 0 Å². The molecule has 100 valence electrons. The molecule has 1 aromatic carbocycles. The Labute approximate surface area is 111 Å². The molecule has 1 aliphatic carbocycles. The Bertz CT molecular complexity index is 601. The zero-order chi connectivity index (χ0) is 13.2. The molecule has 4 heteroatoms. The highest BCUT2D eigenvalue weighted by Gasteiger charge is 2.24. The van der Waals surface area contributed by atoms with E-state index in [2.05, 4.69) is 10.3 Å². The number of H-pyrrole nitrogens is 1. The van der Waals surface area contributed by atoms with Crippen LogP contribution >= 0.6 is 0 Å². The second-order valence-corrected chi connectivity index (χ2v) is 5.17. The molecule has 1 fully saturated rings. The monoisotopic (exact) mass is 260 g/mol. The number of aromatic amines is 1. The number of amides is 1. The Kier molecular flexibility index (Phi) is 3.23. The maximum absolute atomic E-state index is 13.2. The van der Waals surface area contributed by atoms with Gasteiger partial charge in [0.05, 0.1) is 0 Å². The van der Waals surface area contributed by atoms with Crippen LogP contribution < -0.4 is 5.32 Å². The number of rotatable bonds is 4. The van der Waals surface area contributed by atoms with Gasteiger partial charge in [0, 0.05) is 29.6 Å². The number of nitrogens with one attached hydrogen (secondary N) is 2. The van der Waals surface area contributed by atoms with E-state index < -0.39 is 0 Å². The van der Waals surface area contributed by atoms with E-state index in [0.29, 0.717) is 6.54 Å². The first-order valence-corrected chi connectivity index (χ1v) is 6.77. The van der Waals surface area contributed by atoms with E-state index in [0.717, 1.165) is 35.7 Å². The van der Waals surface area contributed by atoms with Crippen LogP contribution in [0, 0.1) is 11.7 Å². The van der Waals surface area contributed by atoms with E-state index in [4.69, 9.17) is 0 Å². The van der Waals surface area contributed by atoms with Crippen LogP contribution in [0.25, 0.3) is 10.9 Å². The van der Waals surface area contributed by atoms with Gasteiger partial charge in [-0.1, -0.05) is 6.42 Å². The lowest BCUT2D eigenvalue weighted by atomic mass is 9.85. The number of halogens is 1. The van der Waals surface area contributed by atoms with Crippen LogP contribution in [0.1, 0.15) is 24.8 Å². The van der Waals surface area contributed by atoms with Gasteiger partial charge < -0.3 is 10.3 Å². The molecule has 2 aromatic rings. The predicted octanol–water partition coefficient (Wildman–Crippen LogP) is 2.77. The van der Waals surface area contributed by atoms with Gasteiger partial charge >= 0.3 is 0 Å². The molecule has 3 nitrogen and oxygen atoms in total. The number of hydrogen-bond acceptors (Lipinski definition) is 1. The summed E-state index contributed by atoms with van der Waals surface area (Å²) in [5, 5.41) is 3.86. The van der Waals surface area contributed by atoms with E-state index in [-0.39, 0.29) is 17.6 Å². The Hall–Kier alpha value is -1.84. The molecule has 0 aliphatic heterocycles. The lowest BCUT2D eigenvalue weighted by molar-refractivity contribution is -0.127. The molecule has 0 bridgehead atoms. The number of fused-ring (bicyclic) bond motifs is 1. The van der Waals surface area contributed by atoms with Crippen molar-refractivity contribution in [2.24, 2.45) is 5.92 Å². The summed E-state index contributed by atoms with van der Waals surface area (Å²) >= 11 is 0. The first-order valence-electron chi connectivity index (χ1n) is 6.77. The van der Waals surface area contributed by atoms with Crippen LogP contribution in [0.4, 0.5) is 4.39 Å². The molecule has 1 saturated carbocycles. The summed E-state index contributed by atoms with van der Waals surface area (Å²) in [7, 11) is 0. The summed E-state index contributed by atoms with van der Waals surface area (Å²) in [6, 6.07) is 4.72. The lowest BCUT2D eigenvalue weighted by Gasteiger charge is -2.23. The van der Waals surface area contributed by atoms with Gasteiger partial charge in [-0.05, 0) is 43.0 Å². The van der Waals surface area contributed by atoms with Crippen molar-refractivity contribution in [3.05, 3.63) is 35.8 Å². The standard InChI is InChI=1S/C15H17FN2O/c16-12-4-5-14-13(8-12)11(9-18-14)6-7-17-15(19)10-2-1-3-10/h4-5,8-10,18H,1-3,6-7H2,(H,17,19). The van der Waals surface area contributed by atoms with Gasteiger partial charge in [-0.3, -0.25) is 4.79 Å². The Balaban J connectivity index is 1.61. The van der Waals surface area contributed by atoms with Gasteiger partial charge in [-0.2, -0.15) is 0 Å². The van der Waals surface area contributed by atoms with Crippen molar-refractivity contribution in [1.82, 2.24) is 10.3 Å². The molecule has 0 spiro atoms. The number of benzene rings is 1. The Morgan fingerprint density at radius 1 is 1.42 bits per heavy atom. The van der Waals surface area contributed by atoms with Crippen LogP contribution in [0.2, 0.25) is 0 Å². The fourth-order valence-corrected chi connectivity index (χ4v) is 2.49. The van der Waals surface area contributed by atoms with Crippen molar-refractivity contribution in [2.75, 3.05) is 6.54 Å². The van der Waals surface area contributed by atoms with Crippen molar-refractivity contribution in [3.63, 3.8) is 0 Å². The first kappa shape index (κ1) is 12.2. The van der Waals surface area contributed by atoms with E-state index in [9.17, 15) is 9.18 Å². The SMILES string of the molecule is O=C(NCCc1c[nH]c2ccc(F)cc12)C1CCC1. The quantitative estimate of drug-likeness (QED) is 0.872. The minimum Gasteiger partial charge on any atom is -0.361 e. The molecular weight excluding hydrogens is 243 g/mol. The lowest BCUT2D eigenvalue weighted by Crippen LogP contribution is -2.35. The maximum atomic E-state index is 13.2. The van der Waals surface area contributed by atoms with E-state index in [1.807, 2.05) is 6.20 Å². The van der Waals surface area contributed by atoms with Crippen molar-refractivity contribution < 1.29 is 9.18 Å². The maximum Gasteiger partial charge on any atom is 0.223 e. The highest BCUT2D eigenvalue weighted by molar-refractivity contribution is 5.83. The number of carbonyl (C=O) groups is 1. The average molecular weight is 260 g/mol. The molecule has 1 aliphatic rings. The van der Waals surface area contributed by atoms with Crippen LogP contribution in [0.3, 0.4) is 0 Å². The van der Waals surface area contributed by atoms with Crippen molar-refractivity contribution >= 4 is 16.8 Å². The molecule has 19 heavy (non-hydrogen) atoms. The summed E-state index contributed by atoms with van der Waals surface area (Å²) in [5.41, 5.74) is 1.98. The van der Waals surface area contributed by atoms with Crippen LogP contribution in [-0.4, -0.2) is 17.4 Å². The van der Waals surface area contributed by atoms with Gasteiger partial charge in [0.1, 0.15) is 5.82 Å². The average Bonchev–Trinajstić information content (AvgIpc) is 2.70. The van der Waals surface area contributed by atoms with E-state index >= 15 is 0 Å². The van der Waals surface area contributed by atoms with Gasteiger partial charge in [0.2, 0.25) is 5.91 Å². The summed E-state index contributed by atoms with van der Waals surface area (Å²) in [6.45, 7) is 0.610. The third-order valence-corrected chi connectivity index (χ3v) is 3.90. The topological polar surface area (TPSA) is 44.9 Å². The van der Waals surface area contributed by atoms with E-state index in [1.54, 1.807) is 6.07 Å². The molecule has 1 amide bonds. The smallest absolute Gasteiger partial charge is 0.223 e. The van der Waals surface area contributed by atoms with Crippen LogP contribution in [0.15, 0.2) is 24.4 Å². The fourth-order valence-electron chi connectivity index (χ4n) is 2.49. The fraction of sp³-hybridized carbons (Fsp3) is 0.400. The second-order valence-electron chi connectivity index (χ2n) is 5.17. The Morgan fingerprint density at radius 3 is 3.00 bits per heavy atom. The van der Waals surface area contributed by atoms with Gasteiger partial charge in [-0.15, -0.1) is 0 Å². The normalized spacial score (nSPS) is 15.4. The predicted molar refractivity (Wildman–Crippen MR) is 72.3 cm³/mol. The minimum absolute atomic E-state index is 0.164. The van der Waals surface area contributed by atoms with Crippen molar-refractivity contribution in [1.29, 1.82) is 0 Å². The zero-order valence-electron chi connectivity index (χ0n) is 10.7. The summed E-state index contributed by atoms with van der Waals surface area (Å²) in [4.78, 5) is 14.8. The molecule has 3 rings (SSSR count). The van der Waals surface area contributed by atoms with Crippen LogP contribution in [0.5, 0.6) is 0 Å². The summed E-state index contributed by atoms with van der Waals surface area (Å²) in [5.74, 6) is 0.157. The first-order chi connectivity index (χ1) is 9.24. The van der Waals surface area contributed by atoms with Crippen LogP contribution in [-0.2, 0) is 11.2 Å². The highest BCUT2D eigenvalue weighted by Crippen LogP contribution is 2.26. The summed E-state index contributed by atoms with van der Waals surface area (Å²) in [6.07, 6.45) is 5.82. The highest BCUT2D eigenvalue weighted by atomic mass is 19.1. The molecular formula is C15H17FN2O. The number of carbonyl (C=O) groups excluding carboxylic acids is 1. The molecule has 2 N–H and O–H groups in total. The third kappa shape index (κ3) is 2.48. The summed E-state index contributed by atoms with van der Waals surface area (Å²) < 4.78 is 13.2. The second kappa shape index (κ2) is 5.03. The van der Waals surface area contributed by atoms with Crippen molar-refractivity contribution in [2.45, 2.75) is 25.7 Å². The van der Waals surface area contributed by atoms with Gasteiger partial charge in [0.25, 0.3) is 0 Å². The minimum atomic E-state index is -0.230. The molecule has 1 aromatic heterocycles. The third-order valence-electron chi connectivity index (χ3n) is 3.90. The van der Waals surface area contributed by atoms with Gasteiger partial charge in [-0.25, -0.2) is 4.39 Å². The van der Waals surface area contributed by atoms with E-state index in [1.165, 1.54) is 18.6 Å². The largest absolute Gasteiger partial charge is 0.361 e. The molecule has 1 heterocycles. The van der Waals surface area contributed by atoms with Crippen molar-refractivity contribution in [3.8, 4) is 0 Å².